The molecule has 0 bridgehead atoms. The number of aliphatic hydroxyl groups is 1. The van der Waals surface area contributed by atoms with Crippen molar-refractivity contribution in [2.24, 2.45) is 0 Å². The smallest absolute Gasteiger partial charge is 0.0802 e. The van der Waals surface area contributed by atoms with Crippen LogP contribution in [0.5, 0.6) is 0 Å². The van der Waals surface area contributed by atoms with Crippen molar-refractivity contribution in [3.05, 3.63) is 69.2 Å². The van der Waals surface area contributed by atoms with Crippen LogP contribution in [0, 0.1) is 0 Å². The molecule has 0 saturated heterocycles. The molecule has 0 saturated carbocycles. The SMILES string of the molecule is CN(CCC(O)c1ccc(Cl)cc1)Cc1ccccc1Br. The second kappa shape index (κ2) is 7.95. The molecule has 21 heavy (non-hydrogen) atoms. The molecule has 1 atom stereocenters. The van der Waals surface area contributed by atoms with Gasteiger partial charge in [0.15, 0.2) is 0 Å². The molecule has 0 aliphatic rings. The maximum absolute atomic E-state index is 10.2. The first kappa shape index (κ1) is 16.5. The van der Waals surface area contributed by atoms with Gasteiger partial charge in [0.2, 0.25) is 0 Å². The van der Waals surface area contributed by atoms with Gasteiger partial charge in [-0.15, -0.1) is 0 Å². The standard InChI is InChI=1S/C17H19BrClNO/c1-20(12-14-4-2-3-5-16(14)18)11-10-17(21)13-6-8-15(19)9-7-13/h2-9,17,21H,10-12H2,1H3. The Morgan fingerprint density at radius 1 is 1.14 bits per heavy atom. The van der Waals surface area contributed by atoms with E-state index in [4.69, 9.17) is 11.6 Å². The molecule has 112 valence electrons. The molecule has 0 heterocycles. The van der Waals surface area contributed by atoms with E-state index in [1.165, 1.54) is 5.56 Å². The third-order valence-electron chi connectivity index (χ3n) is 3.44. The molecule has 1 N–H and O–H groups in total. The van der Waals surface area contributed by atoms with Crippen molar-refractivity contribution in [2.75, 3.05) is 13.6 Å². The maximum Gasteiger partial charge on any atom is 0.0802 e. The molecule has 1 unspecified atom stereocenters. The highest BCUT2D eigenvalue weighted by Gasteiger charge is 2.10. The van der Waals surface area contributed by atoms with Crippen molar-refractivity contribution >= 4 is 27.5 Å². The minimum Gasteiger partial charge on any atom is -0.388 e. The van der Waals surface area contributed by atoms with Gasteiger partial charge in [0.25, 0.3) is 0 Å². The van der Waals surface area contributed by atoms with E-state index >= 15 is 0 Å². The molecular weight excluding hydrogens is 350 g/mol. The number of hydrogen-bond acceptors (Lipinski definition) is 2. The number of rotatable bonds is 6. The van der Waals surface area contributed by atoms with Crippen LogP contribution in [0.15, 0.2) is 53.0 Å². The quantitative estimate of drug-likeness (QED) is 0.801. The summed E-state index contributed by atoms with van der Waals surface area (Å²) in [5, 5.41) is 10.9. The maximum atomic E-state index is 10.2. The molecule has 0 spiro atoms. The predicted molar refractivity (Wildman–Crippen MR) is 91.5 cm³/mol. The van der Waals surface area contributed by atoms with E-state index in [-0.39, 0.29) is 0 Å². The van der Waals surface area contributed by atoms with E-state index in [0.29, 0.717) is 11.4 Å². The van der Waals surface area contributed by atoms with Crippen LogP contribution < -0.4 is 0 Å². The van der Waals surface area contributed by atoms with Crippen molar-refractivity contribution in [2.45, 2.75) is 19.1 Å². The molecule has 0 aliphatic heterocycles. The van der Waals surface area contributed by atoms with Gasteiger partial charge in [-0.25, -0.2) is 0 Å². The monoisotopic (exact) mass is 367 g/mol. The molecule has 2 aromatic carbocycles. The molecule has 0 amide bonds. The molecule has 2 rings (SSSR count). The first-order valence-corrected chi connectivity index (χ1v) is 8.09. The number of hydrogen-bond donors (Lipinski definition) is 1. The second-order valence-corrected chi connectivity index (χ2v) is 6.48. The lowest BCUT2D eigenvalue weighted by molar-refractivity contribution is 0.147. The Morgan fingerprint density at radius 2 is 1.81 bits per heavy atom. The van der Waals surface area contributed by atoms with Gasteiger partial charge in [-0.2, -0.15) is 0 Å². The largest absolute Gasteiger partial charge is 0.388 e. The Morgan fingerprint density at radius 3 is 2.48 bits per heavy atom. The summed E-state index contributed by atoms with van der Waals surface area (Å²) in [7, 11) is 2.06. The summed E-state index contributed by atoms with van der Waals surface area (Å²) in [6.45, 7) is 1.68. The highest BCUT2D eigenvalue weighted by Crippen LogP contribution is 2.21. The van der Waals surface area contributed by atoms with Crippen LogP contribution in [-0.4, -0.2) is 23.6 Å². The van der Waals surface area contributed by atoms with E-state index in [2.05, 4.69) is 33.9 Å². The molecule has 0 aliphatic carbocycles. The molecule has 2 aromatic rings. The number of aliphatic hydroxyl groups excluding tert-OH is 1. The third-order valence-corrected chi connectivity index (χ3v) is 4.46. The lowest BCUT2D eigenvalue weighted by Crippen LogP contribution is -2.21. The summed E-state index contributed by atoms with van der Waals surface area (Å²) < 4.78 is 1.12. The highest BCUT2D eigenvalue weighted by molar-refractivity contribution is 9.10. The van der Waals surface area contributed by atoms with Crippen LogP contribution in [-0.2, 0) is 6.54 Å². The Hall–Kier alpha value is -0.870. The zero-order valence-electron chi connectivity index (χ0n) is 12.0. The zero-order valence-corrected chi connectivity index (χ0v) is 14.3. The number of halogens is 2. The van der Waals surface area contributed by atoms with Gasteiger partial charge in [-0.05, 0) is 42.8 Å². The zero-order chi connectivity index (χ0) is 15.2. The van der Waals surface area contributed by atoms with Gasteiger partial charge in [-0.3, -0.25) is 0 Å². The lowest BCUT2D eigenvalue weighted by Gasteiger charge is -2.19. The molecule has 0 aromatic heterocycles. The van der Waals surface area contributed by atoms with Gasteiger partial charge in [-0.1, -0.05) is 57.9 Å². The van der Waals surface area contributed by atoms with E-state index in [1.54, 1.807) is 0 Å². The van der Waals surface area contributed by atoms with Gasteiger partial charge < -0.3 is 10.0 Å². The Bertz CT molecular complexity index is 573. The molecule has 2 nitrogen and oxygen atoms in total. The normalized spacial score (nSPS) is 12.6. The average molecular weight is 369 g/mol. The number of benzene rings is 2. The summed E-state index contributed by atoms with van der Waals surface area (Å²) in [5.41, 5.74) is 2.16. The van der Waals surface area contributed by atoms with Crippen molar-refractivity contribution < 1.29 is 5.11 Å². The van der Waals surface area contributed by atoms with E-state index in [9.17, 15) is 5.11 Å². The summed E-state index contributed by atoms with van der Waals surface area (Å²) in [4.78, 5) is 2.21. The highest BCUT2D eigenvalue weighted by atomic mass is 79.9. The Kier molecular flexibility index (Phi) is 6.24. The average Bonchev–Trinajstić information content (AvgIpc) is 2.48. The lowest BCUT2D eigenvalue weighted by atomic mass is 10.1. The van der Waals surface area contributed by atoms with Crippen molar-refractivity contribution in [1.82, 2.24) is 4.90 Å². The summed E-state index contributed by atoms with van der Waals surface area (Å²) in [5.74, 6) is 0. The Balaban J connectivity index is 1.85. The fourth-order valence-corrected chi connectivity index (χ4v) is 2.73. The van der Waals surface area contributed by atoms with E-state index < -0.39 is 6.10 Å². The van der Waals surface area contributed by atoms with Crippen LogP contribution in [0.25, 0.3) is 0 Å². The summed E-state index contributed by atoms with van der Waals surface area (Å²) in [6.07, 6.45) is 0.242. The summed E-state index contributed by atoms with van der Waals surface area (Å²) in [6, 6.07) is 15.6. The van der Waals surface area contributed by atoms with Gasteiger partial charge in [0, 0.05) is 22.6 Å². The van der Waals surface area contributed by atoms with Crippen molar-refractivity contribution in [3.63, 3.8) is 0 Å². The minimum absolute atomic E-state index is 0.455. The van der Waals surface area contributed by atoms with Crippen LogP contribution >= 0.6 is 27.5 Å². The molecular formula is C17H19BrClNO. The van der Waals surface area contributed by atoms with Crippen LogP contribution in [0.1, 0.15) is 23.7 Å². The van der Waals surface area contributed by atoms with Crippen LogP contribution in [0.4, 0.5) is 0 Å². The predicted octanol–water partition coefficient (Wildman–Crippen LogP) is 4.66. The van der Waals surface area contributed by atoms with E-state index in [0.717, 1.165) is 23.1 Å². The molecule has 4 heteroatoms. The third kappa shape index (κ3) is 5.11. The van der Waals surface area contributed by atoms with Gasteiger partial charge in [0.1, 0.15) is 0 Å². The first-order valence-electron chi connectivity index (χ1n) is 6.92. The number of nitrogens with zero attached hydrogens (tertiary/aromatic N) is 1. The summed E-state index contributed by atoms with van der Waals surface area (Å²) >= 11 is 9.41. The minimum atomic E-state index is -0.455. The molecule has 0 radical (unpaired) electrons. The fourth-order valence-electron chi connectivity index (χ4n) is 2.19. The van der Waals surface area contributed by atoms with Gasteiger partial charge >= 0.3 is 0 Å². The topological polar surface area (TPSA) is 23.5 Å². The van der Waals surface area contributed by atoms with Crippen LogP contribution in [0.2, 0.25) is 5.02 Å². The second-order valence-electron chi connectivity index (χ2n) is 5.19. The van der Waals surface area contributed by atoms with Crippen molar-refractivity contribution in [3.8, 4) is 0 Å². The Labute approximate surface area is 139 Å². The first-order chi connectivity index (χ1) is 10.1. The van der Waals surface area contributed by atoms with Crippen LogP contribution in [0.3, 0.4) is 0 Å². The van der Waals surface area contributed by atoms with Gasteiger partial charge in [0.05, 0.1) is 6.10 Å². The van der Waals surface area contributed by atoms with E-state index in [1.807, 2.05) is 42.5 Å². The molecule has 0 fully saturated rings. The van der Waals surface area contributed by atoms with Crippen molar-refractivity contribution in [1.29, 1.82) is 0 Å². The fraction of sp³-hybridized carbons (Fsp3) is 0.294.